The van der Waals surface area contributed by atoms with Gasteiger partial charge in [-0.15, -0.1) is 12.4 Å². The van der Waals surface area contributed by atoms with Crippen LogP contribution in [-0.2, 0) is 41.7 Å². The van der Waals surface area contributed by atoms with Crippen LogP contribution in [0.25, 0.3) is 0 Å². The molecule has 0 radical (unpaired) electrons. The zero-order valence-corrected chi connectivity index (χ0v) is 12.2. The predicted molar refractivity (Wildman–Crippen MR) is 65.0 cm³/mol. The Balaban J connectivity index is -0.0000000219. The molecule has 1 atom stereocenters. The Morgan fingerprint density at radius 2 is 1.75 bits per heavy atom. The second-order valence-corrected chi connectivity index (χ2v) is 2.71. The van der Waals surface area contributed by atoms with Gasteiger partial charge in [0, 0.05) is 36.9 Å². The number of thioether (sulfide) groups is 1. The Morgan fingerprint density at radius 1 is 1.44 bits per heavy atom. The second kappa shape index (κ2) is 36.0. The van der Waals surface area contributed by atoms with E-state index in [9.17, 15) is 4.79 Å². The van der Waals surface area contributed by atoms with Crippen molar-refractivity contribution < 1.29 is 52.3 Å². The maximum atomic E-state index is 10.1. The molecular weight excluding hydrogens is 406 g/mol. The van der Waals surface area contributed by atoms with Gasteiger partial charge >= 0.3 is 35.5 Å². The van der Waals surface area contributed by atoms with Gasteiger partial charge in [0.25, 0.3) is 0 Å². The van der Waals surface area contributed by atoms with Gasteiger partial charge in [0.15, 0.2) is 0 Å². The van der Waals surface area contributed by atoms with E-state index in [2.05, 4.69) is 11.7 Å². The maximum Gasteiger partial charge on any atom is 0 e. The van der Waals surface area contributed by atoms with Crippen LogP contribution in [0.5, 0.6) is 0 Å². The zero-order valence-electron chi connectivity index (χ0n) is 8.03. The van der Waals surface area contributed by atoms with Gasteiger partial charge in [0.2, 0.25) is 0 Å². The smallest absolute Gasteiger partial charge is 0 e. The molecule has 16 heavy (non-hydrogen) atoms. The minimum Gasteiger partial charge on any atom is 0 e. The molecular formula is C5H19ClN3NaNiO3PdS. The van der Waals surface area contributed by atoms with Crippen molar-refractivity contribution in [2.75, 3.05) is 12.0 Å². The van der Waals surface area contributed by atoms with Crippen LogP contribution in [0, 0.1) is 0 Å². The predicted octanol–water partition coefficient (Wildman–Crippen LogP) is -2.09. The van der Waals surface area contributed by atoms with Crippen LogP contribution in [0.1, 0.15) is 6.42 Å². The molecule has 0 fully saturated rings. The van der Waals surface area contributed by atoms with E-state index in [0.29, 0.717) is 6.42 Å². The van der Waals surface area contributed by atoms with Gasteiger partial charge in [0.1, 0.15) is 6.04 Å². The summed E-state index contributed by atoms with van der Waals surface area (Å²) >= 11 is 1.60. The van der Waals surface area contributed by atoms with Gasteiger partial charge in [-0.05, 0) is 18.4 Å². The number of rotatable bonds is 4. The van der Waals surface area contributed by atoms with E-state index in [1.165, 1.54) is 0 Å². The summed E-state index contributed by atoms with van der Waals surface area (Å²) in [5.74, 6) is 7.90. The third kappa shape index (κ3) is 36.0. The molecule has 9 N–H and O–H groups in total. The fraction of sp³-hybridized carbons (Fsp3) is 0.800. The molecule has 0 aliphatic rings. The molecule has 0 aromatic carbocycles. The summed E-state index contributed by atoms with van der Waals surface area (Å²) in [4.78, 5) is 10.1. The van der Waals surface area contributed by atoms with Crippen molar-refractivity contribution in [1.29, 1.82) is 0 Å². The van der Waals surface area contributed by atoms with Gasteiger partial charge in [-0.2, -0.15) is 11.8 Å². The van der Waals surface area contributed by atoms with Crippen LogP contribution in [0.4, 0.5) is 0 Å². The first kappa shape index (κ1) is 43.0. The number of carbonyl (C=O) groups is 1. The summed E-state index contributed by atoms with van der Waals surface area (Å²) in [7, 11) is 0. The molecule has 0 aromatic rings. The van der Waals surface area contributed by atoms with Crippen molar-refractivity contribution in [2.45, 2.75) is 12.5 Å². The number of aliphatic carboxylic acids is 1. The molecule has 11 heteroatoms. The first-order chi connectivity index (χ1) is 5.18. The van der Waals surface area contributed by atoms with Gasteiger partial charge in [-0.3, -0.25) is 16.5 Å². The van der Waals surface area contributed by atoms with Crippen molar-refractivity contribution in [3.8, 4) is 0 Å². The summed E-state index contributed by atoms with van der Waals surface area (Å²) in [5.41, 5.74) is 5.19. The number of hydrogen-bond acceptors (Lipinski definition) is 5. The third-order valence-electron chi connectivity index (χ3n) is 0.950. The van der Waals surface area contributed by atoms with Crippen LogP contribution in [-0.4, -0.2) is 64.2 Å². The first-order valence-electron chi connectivity index (χ1n) is 2.99. The largest absolute Gasteiger partial charge is 0 e. The van der Waals surface area contributed by atoms with Crippen molar-refractivity contribution in [1.82, 2.24) is 0 Å². The summed E-state index contributed by atoms with van der Waals surface area (Å²) in [6.45, 7) is 0. The molecule has 0 bridgehead atoms. The van der Waals surface area contributed by atoms with Crippen LogP contribution in [0.2, 0.25) is 0 Å². The molecule has 0 aliphatic carbocycles. The molecule has 106 valence electrons. The van der Waals surface area contributed by atoms with Crippen molar-refractivity contribution in [3.05, 3.63) is 0 Å². The average Bonchev–Trinajstić information content (AvgIpc) is 2.03. The Bertz CT molecular complexity index is 125. The number of carboxylic acids is 1. The van der Waals surface area contributed by atoms with Gasteiger partial charge in [-0.25, -0.2) is 0 Å². The molecule has 0 aliphatic heterocycles. The van der Waals surface area contributed by atoms with Gasteiger partial charge in [0.05, 0.1) is 0 Å². The molecule has 0 amide bonds. The number of halogens is 1. The Labute approximate surface area is 152 Å². The fourth-order valence-electron chi connectivity index (χ4n) is 0.368. The van der Waals surface area contributed by atoms with Crippen LogP contribution in [0.3, 0.4) is 0 Å². The Kier molecular flexibility index (Phi) is 96.6. The van der Waals surface area contributed by atoms with Crippen LogP contribution < -0.4 is 17.4 Å². The molecule has 0 heterocycles. The van der Waals surface area contributed by atoms with Crippen molar-refractivity contribution >= 4 is 59.7 Å². The fourth-order valence-corrected chi connectivity index (χ4v) is 0.858. The quantitative estimate of drug-likeness (QED) is 0.231. The van der Waals surface area contributed by atoms with E-state index in [4.69, 9.17) is 10.8 Å². The van der Waals surface area contributed by atoms with E-state index in [-0.39, 0.29) is 84.4 Å². The van der Waals surface area contributed by atoms with Crippen LogP contribution >= 0.6 is 24.2 Å². The molecule has 1 unspecified atom stereocenters. The number of hydrazine groups is 1. The van der Waals surface area contributed by atoms with Crippen LogP contribution in [0.15, 0.2) is 0 Å². The standard InChI is InChI=1S/C5H11NO2S.ClH.H4N2.Na.Ni.H2O.Pd.H/c1-9-3-2-4(6)5(7)8;;1-2;;;;;/h4H,2-3,6H2,1H3,(H,7,8);1H;1-2H2;;;1H2;;. The minimum atomic E-state index is -0.913. The molecule has 0 rings (SSSR count). The number of hydrogen-bond donors (Lipinski definition) is 4. The zero-order chi connectivity index (χ0) is 9.28. The third-order valence-corrected chi connectivity index (χ3v) is 1.59. The van der Waals surface area contributed by atoms with E-state index < -0.39 is 12.0 Å². The molecule has 6 nitrogen and oxygen atoms in total. The topological polar surface area (TPSA) is 147 Å². The SMILES string of the molecule is CSCCC(N)C(=O)O.Cl.NN.O.[NaH].[Ni].[Pd]. The Morgan fingerprint density at radius 3 is 1.94 bits per heavy atom. The minimum absolute atomic E-state index is 0. The van der Waals surface area contributed by atoms with E-state index >= 15 is 0 Å². The van der Waals surface area contributed by atoms with E-state index in [1.54, 1.807) is 11.8 Å². The molecule has 0 saturated carbocycles. The molecule has 0 aromatic heterocycles. The molecule has 0 saturated heterocycles. The average molecular weight is 425 g/mol. The van der Waals surface area contributed by atoms with Crippen molar-refractivity contribution in [2.24, 2.45) is 17.4 Å². The van der Waals surface area contributed by atoms with E-state index in [1.807, 2.05) is 6.26 Å². The summed E-state index contributed by atoms with van der Waals surface area (Å²) < 4.78 is 0. The maximum absolute atomic E-state index is 10.1. The normalized spacial score (nSPS) is 7.75. The monoisotopic (exact) mass is 423 g/mol. The van der Waals surface area contributed by atoms with Crippen molar-refractivity contribution in [3.63, 3.8) is 0 Å². The second-order valence-electron chi connectivity index (χ2n) is 1.73. The summed E-state index contributed by atoms with van der Waals surface area (Å²) in [5, 5.41) is 8.27. The number of nitrogens with two attached hydrogens (primary N) is 3. The van der Waals surface area contributed by atoms with Gasteiger partial charge < -0.3 is 16.3 Å². The molecule has 0 spiro atoms. The summed E-state index contributed by atoms with van der Waals surface area (Å²) in [6, 6.07) is -0.683. The van der Waals surface area contributed by atoms with E-state index in [0.717, 1.165) is 5.75 Å². The first-order valence-corrected chi connectivity index (χ1v) is 4.38. The Hall–Kier alpha value is 2.11. The summed E-state index contributed by atoms with van der Waals surface area (Å²) in [6.07, 6.45) is 2.48. The van der Waals surface area contributed by atoms with Gasteiger partial charge in [-0.1, -0.05) is 0 Å². The number of carboxylic acid groups (broad SMARTS) is 1.